The molecule has 10 aromatic carbocycles. The van der Waals surface area contributed by atoms with Crippen molar-refractivity contribution >= 4 is 81.3 Å². The van der Waals surface area contributed by atoms with E-state index < -0.39 is 0 Å². The highest BCUT2D eigenvalue weighted by molar-refractivity contribution is 7.25. The molecule has 0 radical (unpaired) electrons. The Morgan fingerprint density at radius 2 is 0.951 bits per heavy atom. The normalized spacial score (nSPS) is 11.6. The van der Waals surface area contributed by atoms with E-state index in [-0.39, 0.29) is 0 Å². The van der Waals surface area contributed by atoms with Crippen LogP contribution >= 0.6 is 11.3 Å². The van der Waals surface area contributed by atoms with Crippen molar-refractivity contribution in [3.63, 3.8) is 0 Å². The molecule has 0 fully saturated rings. The first-order valence-electron chi connectivity index (χ1n) is 20.7. The van der Waals surface area contributed by atoms with E-state index in [9.17, 15) is 0 Å². The van der Waals surface area contributed by atoms with Gasteiger partial charge in [0, 0.05) is 42.5 Å². The van der Waals surface area contributed by atoms with Gasteiger partial charge in [-0.05, 0) is 110 Å². The second-order valence-electron chi connectivity index (χ2n) is 15.6. The molecule has 0 saturated heterocycles. The molecule has 0 amide bonds. The predicted octanol–water partition coefficient (Wildman–Crippen LogP) is 17.2. The molecule has 0 N–H and O–H groups in total. The topological polar surface area (TPSA) is 16.4 Å². The van der Waals surface area contributed by atoms with Gasteiger partial charge in [0.15, 0.2) is 0 Å². The minimum absolute atomic E-state index is 0.862. The maximum absolute atomic E-state index is 7.02. The average molecular weight is 796 g/mol. The average Bonchev–Trinajstić information content (AvgIpc) is 3.90. The number of benzene rings is 10. The largest absolute Gasteiger partial charge is 0.455 e. The number of hydrogen-bond acceptors (Lipinski definition) is 3. The number of anilines is 3. The first-order valence-corrected chi connectivity index (χ1v) is 21.6. The highest BCUT2D eigenvalue weighted by Gasteiger charge is 2.23. The van der Waals surface area contributed by atoms with Crippen LogP contribution in [0.3, 0.4) is 0 Å². The summed E-state index contributed by atoms with van der Waals surface area (Å²) in [5.74, 6) is 0. The van der Waals surface area contributed by atoms with Crippen molar-refractivity contribution in [2.24, 2.45) is 0 Å². The van der Waals surface area contributed by atoms with Crippen molar-refractivity contribution in [2.75, 3.05) is 4.90 Å². The van der Waals surface area contributed by atoms with Crippen molar-refractivity contribution in [3.8, 4) is 44.5 Å². The van der Waals surface area contributed by atoms with Crippen molar-refractivity contribution in [3.05, 3.63) is 224 Å². The van der Waals surface area contributed by atoms with Crippen LogP contribution in [0.5, 0.6) is 0 Å². The van der Waals surface area contributed by atoms with Crippen LogP contribution in [0.2, 0.25) is 0 Å². The Labute approximate surface area is 357 Å². The van der Waals surface area contributed by atoms with Crippen LogP contribution in [0, 0.1) is 0 Å². The molecule has 0 spiro atoms. The summed E-state index contributed by atoms with van der Waals surface area (Å²) in [7, 11) is 0. The number of nitrogens with zero attached hydrogens (tertiary/aromatic N) is 1. The molecule has 3 heteroatoms. The van der Waals surface area contributed by atoms with Gasteiger partial charge in [0.05, 0.1) is 11.1 Å². The first-order chi connectivity index (χ1) is 30.2. The fourth-order valence-corrected chi connectivity index (χ4v) is 10.2. The molecule has 12 aromatic rings. The standard InChI is InChI=1S/C58H37NOS/c1-4-13-38(14-5-1)43-26-31-51-54(35-43)60-58-49(41-17-8-3-9-18-41)32-33-53(57(51)58)59(45-27-23-42(24-28-45)48-22-12-20-40-19-10-11-21-47(40)48)46-29-34-55-52(37-46)50-30-25-44(36-56(50)61-55)39-15-6-2-7-16-39/h1-37H. The van der Waals surface area contributed by atoms with Crippen LogP contribution in [0.1, 0.15) is 0 Å². The Morgan fingerprint density at radius 1 is 0.344 bits per heavy atom. The fraction of sp³-hybridized carbons (Fsp3) is 0. The quantitative estimate of drug-likeness (QED) is 0.160. The van der Waals surface area contributed by atoms with Crippen LogP contribution in [-0.4, -0.2) is 0 Å². The van der Waals surface area contributed by atoms with Crippen molar-refractivity contribution < 1.29 is 4.42 Å². The molecule has 0 aliphatic heterocycles. The van der Waals surface area contributed by atoms with E-state index in [4.69, 9.17) is 4.42 Å². The zero-order chi connectivity index (χ0) is 40.3. The second-order valence-corrected chi connectivity index (χ2v) is 16.7. The zero-order valence-corrected chi connectivity index (χ0v) is 33.9. The molecule has 2 nitrogen and oxygen atoms in total. The number of rotatable bonds is 7. The first kappa shape index (κ1) is 35.2. The van der Waals surface area contributed by atoms with E-state index in [1.54, 1.807) is 0 Å². The van der Waals surface area contributed by atoms with E-state index in [2.05, 4.69) is 229 Å². The Hall–Kier alpha value is -7.72. The lowest BCUT2D eigenvalue weighted by Crippen LogP contribution is -2.10. The van der Waals surface area contributed by atoms with E-state index in [0.29, 0.717) is 0 Å². The van der Waals surface area contributed by atoms with E-state index in [1.165, 1.54) is 53.2 Å². The molecule has 286 valence electrons. The summed E-state index contributed by atoms with van der Waals surface area (Å²) in [6.45, 7) is 0. The highest BCUT2D eigenvalue weighted by Crippen LogP contribution is 2.48. The number of furan rings is 1. The predicted molar refractivity (Wildman–Crippen MR) is 261 cm³/mol. The van der Waals surface area contributed by atoms with Gasteiger partial charge < -0.3 is 9.32 Å². The van der Waals surface area contributed by atoms with Crippen molar-refractivity contribution in [1.29, 1.82) is 0 Å². The molecular formula is C58H37NOS. The molecule has 2 heterocycles. The number of hydrogen-bond donors (Lipinski definition) is 0. The Balaban J connectivity index is 1.09. The lowest BCUT2D eigenvalue weighted by Gasteiger charge is -2.27. The molecule has 2 aromatic heterocycles. The van der Waals surface area contributed by atoms with Gasteiger partial charge in [0.25, 0.3) is 0 Å². The van der Waals surface area contributed by atoms with Crippen LogP contribution in [0.4, 0.5) is 17.1 Å². The molecule has 0 atom stereocenters. The summed E-state index contributed by atoms with van der Waals surface area (Å²) < 4.78 is 9.57. The highest BCUT2D eigenvalue weighted by atomic mass is 32.1. The van der Waals surface area contributed by atoms with Gasteiger partial charge in [0.2, 0.25) is 0 Å². The van der Waals surface area contributed by atoms with Crippen LogP contribution in [0.15, 0.2) is 229 Å². The smallest absolute Gasteiger partial charge is 0.145 e. The Bertz CT molecular complexity index is 3560. The van der Waals surface area contributed by atoms with Crippen LogP contribution in [0.25, 0.3) is 97.4 Å². The van der Waals surface area contributed by atoms with Crippen molar-refractivity contribution in [2.45, 2.75) is 0 Å². The van der Waals surface area contributed by atoms with Gasteiger partial charge in [-0.1, -0.05) is 164 Å². The summed E-state index contributed by atoms with van der Waals surface area (Å²) in [6, 6.07) is 81.1. The summed E-state index contributed by atoms with van der Waals surface area (Å²) in [6.07, 6.45) is 0. The van der Waals surface area contributed by atoms with E-state index in [1.807, 2.05) is 11.3 Å². The molecular weight excluding hydrogens is 759 g/mol. The Morgan fingerprint density at radius 3 is 1.70 bits per heavy atom. The Kier molecular flexibility index (Phi) is 8.39. The van der Waals surface area contributed by atoms with Gasteiger partial charge in [-0.15, -0.1) is 11.3 Å². The molecule has 0 bridgehead atoms. The summed E-state index contributed by atoms with van der Waals surface area (Å²) in [4.78, 5) is 2.42. The van der Waals surface area contributed by atoms with Crippen molar-refractivity contribution in [1.82, 2.24) is 0 Å². The molecule has 0 unspecified atom stereocenters. The summed E-state index contributed by atoms with van der Waals surface area (Å²) >= 11 is 1.85. The monoisotopic (exact) mass is 795 g/mol. The fourth-order valence-electron chi connectivity index (χ4n) is 9.11. The van der Waals surface area contributed by atoms with E-state index in [0.717, 1.165) is 61.3 Å². The third-order valence-corrected chi connectivity index (χ3v) is 13.2. The van der Waals surface area contributed by atoms with Gasteiger partial charge in [-0.25, -0.2) is 0 Å². The molecule has 0 saturated carbocycles. The maximum Gasteiger partial charge on any atom is 0.145 e. The summed E-state index contributed by atoms with van der Waals surface area (Å²) in [5, 5.41) is 7.15. The minimum Gasteiger partial charge on any atom is -0.455 e. The van der Waals surface area contributed by atoms with Gasteiger partial charge in [-0.3, -0.25) is 0 Å². The third kappa shape index (κ3) is 6.09. The summed E-state index contributed by atoms with van der Waals surface area (Å²) in [5.41, 5.74) is 14.3. The van der Waals surface area contributed by atoms with Gasteiger partial charge in [-0.2, -0.15) is 0 Å². The van der Waals surface area contributed by atoms with Crippen LogP contribution < -0.4 is 4.90 Å². The van der Waals surface area contributed by atoms with E-state index >= 15 is 0 Å². The lowest BCUT2D eigenvalue weighted by atomic mass is 9.97. The minimum atomic E-state index is 0.862. The van der Waals surface area contributed by atoms with Gasteiger partial charge >= 0.3 is 0 Å². The maximum atomic E-state index is 7.02. The lowest BCUT2D eigenvalue weighted by molar-refractivity contribution is 0.670. The molecule has 0 aliphatic rings. The number of fused-ring (bicyclic) bond motifs is 7. The third-order valence-electron chi connectivity index (χ3n) is 12.1. The van der Waals surface area contributed by atoms with Crippen LogP contribution in [-0.2, 0) is 0 Å². The molecule has 0 aliphatic carbocycles. The molecule has 12 rings (SSSR count). The number of thiophene rings is 1. The SMILES string of the molecule is c1ccc(-c2ccc3c(c2)oc2c(-c4ccccc4)ccc(N(c4ccc(-c5cccc6ccccc56)cc4)c4ccc5sc6cc(-c7ccccc7)ccc6c5c4)c23)cc1. The zero-order valence-electron chi connectivity index (χ0n) is 33.1. The van der Waals surface area contributed by atoms with Gasteiger partial charge in [0.1, 0.15) is 11.2 Å². The molecule has 61 heavy (non-hydrogen) atoms. The second kappa shape index (κ2) is 14.5.